The lowest BCUT2D eigenvalue weighted by atomic mass is 10.1. The first-order valence-electron chi connectivity index (χ1n) is 6.90. The van der Waals surface area contributed by atoms with Crippen molar-refractivity contribution >= 4 is 11.4 Å². The summed E-state index contributed by atoms with van der Waals surface area (Å²) in [4.78, 5) is 6.50. The number of benzene rings is 1. The summed E-state index contributed by atoms with van der Waals surface area (Å²) in [6.45, 7) is 4.87. The SMILES string of the molecule is CC[C@@H](N)c1ccc(N(CC)c2ccc(F)cc2)cn1. The number of anilines is 2. The largest absolute Gasteiger partial charge is 0.341 e. The minimum atomic E-state index is -0.229. The van der Waals surface area contributed by atoms with E-state index in [1.807, 2.05) is 25.3 Å². The molecule has 0 fully saturated rings. The Morgan fingerprint density at radius 1 is 1.10 bits per heavy atom. The fraction of sp³-hybridized carbons (Fsp3) is 0.312. The van der Waals surface area contributed by atoms with Crippen molar-refractivity contribution < 1.29 is 4.39 Å². The minimum absolute atomic E-state index is 0.0232. The second-order valence-electron chi connectivity index (χ2n) is 4.68. The number of rotatable bonds is 5. The molecule has 20 heavy (non-hydrogen) atoms. The van der Waals surface area contributed by atoms with Gasteiger partial charge in [-0.05, 0) is 49.7 Å². The van der Waals surface area contributed by atoms with E-state index in [1.165, 1.54) is 12.1 Å². The molecule has 1 atom stereocenters. The number of halogens is 1. The number of hydrogen-bond acceptors (Lipinski definition) is 3. The quantitative estimate of drug-likeness (QED) is 0.901. The van der Waals surface area contributed by atoms with E-state index >= 15 is 0 Å². The number of pyridine rings is 1. The summed E-state index contributed by atoms with van der Waals surface area (Å²) in [5, 5.41) is 0. The molecule has 1 heterocycles. The molecular weight excluding hydrogens is 253 g/mol. The summed E-state index contributed by atoms with van der Waals surface area (Å²) in [7, 11) is 0. The van der Waals surface area contributed by atoms with Gasteiger partial charge in [-0.25, -0.2) is 4.39 Å². The molecule has 0 aliphatic rings. The van der Waals surface area contributed by atoms with Gasteiger partial charge in [-0.2, -0.15) is 0 Å². The second-order valence-corrected chi connectivity index (χ2v) is 4.68. The van der Waals surface area contributed by atoms with E-state index in [4.69, 9.17) is 5.73 Å². The molecule has 0 saturated heterocycles. The smallest absolute Gasteiger partial charge is 0.123 e. The van der Waals surface area contributed by atoms with Crippen molar-refractivity contribution in [2.24, 2.45) is 5.73 Å². The fourth-order valence-corrected chi connectivity index (χ4v) is 2.12. The van der Waals surface area contributed by atoms with Crippen LogP contribution in [-0.4, -0.2) is 11.5 Å². The Labute approximate surface area is 119 Å². The van der Waals surface area contributed by atoms with E-state index in [2.05, 4.69) is 16.8 Å². The van der Waals surface area contributed by atoms with Gasteiger partial charge in [0.25, 0.3) is 0 Å². The molecule has 1 aromatic heterocycles. The molecule has 0 amide bonds. The molecule has 2 aromatic rings. The molecule has 0 aliphatic heterocycles. The molecule has 0 saturated carbocycles. The zero-order chi connectivity index (χ0) is 14.5. The molecule has 0 bridgehead atoms. The van der Waals surface area contributed by atoms with Gasteiger partial charge < -0.3 is 10.6 Å². The standard InChI is InChI=1S/C16H20FN3/c1-3-15(18)16-10-9-14(11-19-16)20(4-2)13-7-5-12(17)6-8-13/h5-11,15H,3-4,18H2,1-2H3/t15-/m1/s1. The van der Waals surface area contributed by atoms with Gasteiger partial charge in [0, 0.05) is 18.3 Å². The molecule has 2 N–H and O–H groups in total. The third-order valence-electron chi connectivity index (χ3n) is 3.36. The Hall–Kier alpha value is -1.94. The highest BCUT2D eigenvalue weighted by Gasteiger charge is 2.10. The number of hydrogen-bond donors (Lipinski definition) is 1. The van der Waals surface area contributed by atoms with Gasteiger partial charge in [0.1, 0.15) is 5.82 Å². The van der Waals surface area contributed by atoms with E-state index in [1.54, 1.807) is 12.1 Å². The molecule has 3 nitrogen and oxygen atoms in total. The number of nitrogens with zero attached hydrogens (tertiary/aromatic N) is 2. The van der Waals surface area contributed by atoms with Gasteiger partial charge in [-0.1, -0.05) is 6.92 Å². The average molecular weight is 273 g/mol. The number of nitrogens with two attached hydrogens (primary N) is 1. The summed E-state index contributed by atoms with van der Waals surface area (Å²) >= 11 is 0. The highest BCUT2D eigenvalue weighted by atomic mass is 19.1. The minimum Gasteiger partial charge on any atom is -0.341 e. The Balaban J connectivity index is 2.25. The molecule has 0 aliphatic carbocycles. The molecule has 0 unspecified atom stereocenters. The van der Waals surface area contributed by atoms with Crippen LogP contribution < -0.4 is 10.6 Å². The number of aromatic nitrogens is 1. The Morgan fingerprint density at radius 3 is 2.25 bits per heavy atom. The molecule has 2 rings (SSSR count). The lowest BCUT2D eigenvalue weighted by Crippen LogP contribution is -2.17. The third-order valence-corrected chi connectivity index (χ3v) is 3.36. The summed E-state index contributed by atoms with van der Waals surface area (Å²) < 4.78 is 13.0. The van der Waals surface area contributed by atoms with Crippen LogP contribution in [0.2, 0.25) is 0 Å². The fourth-order valence-electron chi connectivity index (χ4n) is 2.12. The highest BCUT2D eigenvalue weighted by Crippen LogP contribution is 2.25. The Bertz CT molecular complexity index is 537. The van der Waals surface area contributed by atoms with Gasteiger partial charge in [0.05, 0.1) is 17.6 Å². The maximum absolute atomic E-state index is 13.0. The van der Waals surface area contributed by atoms with Crippen LogP contribution in [0.3, 0.4) is 0 Å². The van der Waals surface area contributed by atoms with E-state index in [-0.39, 0.29) is 11.9 Å². The second kappa shape index (κ2) is 6.48. The molecule has 106 valence electrons. The predicted molar refractivity (Wildman–Crippen MR) is 80.5 cm³/mol. The van der Waals surface area contributed by atoms with Crippen molar-refractivity contribution in [1.82, 2.24) is 4.98 Å². The molecule has 1 aromatic carbocycles. The van der Waals surface area contributed by atoms with Gasteiger partial charge in [-0.15, -0.1) is 0 Å². The Morgan fingerprint density at radius 2 is 1.75 bits per heavy atom. The van der Waals surface area contributed by atoms with Gasteiger partial charge in [0.2, 0.25) is 0 Å². The van der Waals surface area contributed by atoms with Gasteiger partial charge in [0.15, 0.2) is 0 Å². The molecule has 4 heteroatoms. The monoisotopic (exact) mass is 273 g/mol. The van der Waals surface area contributed by atoms with Crippen molar-refractivity contribution in [3.8, 4) is 0 Å². The maximum Gasteiger partial charge on any atom is 0.123 e. The zero-order valence-electron chi connectivity index (χ0n) is 11.9. The summed E-state index contributed by atoms with van der Waals surface area (Å²) in [6.07, 6.45) is 2.68. The summed E-state index contributed by atoms with van der Waals surface area (Å²) in [5.41, 5.74) is 8.78. The molecular formula is C16H20FN3. The summed E-state index contributed by atoms with van der Waals surface area (Å²) in [6, 6.07) is 10.4. The van der Waals surface area contributed by atoms with Crippen LogP contribution >= 0.6 is 0 Å². The van der Waals surface area contributed by atoms with Crippen LogP contribution in [0.4, 0.5) is 15.8 Å². The predicted octanol–water partition coefficient (Wildman–Crippen LogP) is 3.79. The van der Waals surface area contributed by atoms with Crippen LogP contribution in [0.1, 0.15) is 32.0 Å². The molecule has 0 spiro atoms. The molecule has 0 radical (unpaired) electrons. The lowest BCUT2D eigenvalue weighted by Gasteiger charge is -2.23. The first kappa shape index (κ1) is 14.5. The normalized spacial score (nSPS) is 12.2. The first-order chi connectivity index (χ1) is 9.65. The van der Waals surface area contributed by atoms with Crippen LogP contribution in [0, 0.1) is 5.82 Å². The van der Waals surface area contributed by atoms with Crippen molar-refractivity contribution in [2.45, 2.75) is 26.3 Å². The average Bonchev–Trinajstić information content (AvgIpc) is 2.50. The van der Waals surface area contributed by atoms with Gasteiger partial charge in [-0.3, -0.25) is 4.98 Å². The first-order valence-corrected chi connectivity index (χ1v) is 6.90. The topological polar surface area (TPSA) is 42.1 Å². The van der Waals surface area contributed by atoms with Gasteiger partial charge >= 0.3 is 0 Å². The van der Waals surface area contributed by atoms with Crippen LogP contribution in [-0.2, 0) is 0 Å². The highest BCUT2D eigenvalue weighted by molar-refractivity contribution is 5.62. The summed E-state index contributed by atoms with van der Waals surface area (Å²) in [5.74, 6) is -0.229. The van der Waals surface area contributed by atoms with Crippen molar-refractivity contribution in [3.63, 3.8) is 0 Å². The van der Waals surface area contributed by atoms with Crippen molar-refractivity contribution in [2.75, 3.05) is 11.4 Å². The maximum atomic E-state index is 13.0. The zero-order valence-corrected chi connectivity index (χ0v) is 11.9. The van der Waals surface area contributed by atoms with Crippen LogP contribution in [0.25, 0.3) is 0 Å². The van der Waals surface area contributed by atoms with E-state index < -0.39 is 0 Å². The van der Waals surface area contributed by atoms with Crippen LogP contribution in [0.15, 0.2) is 42.6 Å². The van der Waals surface area contributed by atoms with Crippen LogP contribution in [0.5, 0.6) is 0 Å². The van der Waals surface area contributed by atoms with E-state index in [0.717, 1.165) is 30.0 Å². The lowest BCUT2D eigenvalue weighted by molar-refractivity contribution is 0.628. The van der Waals surface area contributed by atoms with E-state index in [0.29, 0.717) is 0 Å². The van der Waals surface area contributed by atoms with Crippen molar-refractivity contribution in [1.29, 1.82) is 0 Å². The van der Waals surface area contributed by atoms with Crippen molar-refractivity contribution in [3.05, 3.63) is 54.1 Å². The third kappa shape index (κ3) is 3.14. The Kier molecular flexibility index (Phi) is 4.69. The van der Waals surface area contributed by atoms with E-state index in [9.17, 15) is 4.39 Å².